The Balaban J connectivity index is 1.33. The number of nitrogens with zero attached hydrogens (tertiary/aromatic N) is 1. The zero-order valence-corrected chi connectivity index (χ0v) is 19.9. The van der Waals surface area contributed by atoms with Gasteiger partial charge in [0.1, 0.15) is 13.2 Å². The minimum absolute atomic E-state index is 0.117. The number of hydrogen-bond donors (Lipinski definition) is 2. The summed E-state index contributed by atoms with van der Waals surface area (Å²) in [5.74, 6) is 1.36. The van der Waals surface area contributed by atoms with Gasteiger partial charge in [-0.25, -0.2) is 0 Å². The molecule has 2 aromatic carbocycles. The summed E-state index contributed by atoms with van der Waals surface area (Å²) < 4.78 is 17.2. The first kappa shape index (κ1) is 22.7. The summed E-state index contributed by atoms with van der Waals surface area (Å²) in [7, 11) is 0. The number of ether oxygens (including phenoxy) is 3. The lowest BCUT2D eigenvalue weighted by Gasteiger charge is -2.28. The Labute approximate surface area is 204 Å². The third kappa shape index (κ3) is 5.34. The molecule has 3 heterocycles. The lowest BCUT2D eigenvalue weighted by molar-refractivity contribution is 0.0897. The third-order valence-corrected chi connectivity index (χ3v) is 6.62. The van der Waals surface area contributed by atoms with Crippen LogP contribution in [0.4, 0.5) is 0 Å². The molecule has 8 heteroatoms. The molecule has 7 nitrogen and oxygen atoms in total. The van der Waals surface area contributed by atoms with Crippen LogP contribution in [0, 0.1) is 0 Å². The normalized spacial score (nSPS) is 17.0. The van der Waals surface area contributed by atoms with Gasteiger partial charge in [-0.15, -0.1) is 0 Å². The van der Waals surface area contributed by atoms with E-state index in [1.807, 2.05) is 41.3 Å². The van der Waals surface area contributed by atoms with Crippen LogP contribution >= 0.6 is 12.2 Å². The highest BCUT2D eigenvalue weighted by molar-refractivity contribution is 7.80. The van der Waals surface area contributed by atoms with Crippen molar-refractivity contribution in [3.63, 3.8) is 0 Å². The van der Waals surface area contributed by atoms with Crippen molar-refractivity contribution >= 4 is 28.2 Å². The third-order valence-electron chi connectivity index (χ3n) is 6.21. The number of H-pyrrole nitrogens is 1. The maximum atomic E-state index is 12.9. The zero-order chi connectivity index (χ0) is 23.3. The zero-order valence-electron chi connectivity index (χ0n) is 19.0. The molecule has 178 valence electrons. The van der Waals surface area contributed by atoms with Crippen LogP contribution in [0.1, 0.15) is 24.0 Å². The second-order valence-electron chi connectivity index (χ2n) is 8.69. The van der Waals surface area contributed by atoms with Crippen molar-refractivity contribution < 1.29 is 14.2 Å². The number of thiocarbonyl (C=S) groups is 1. The molecule has 1 saturated heterocycles. The minimum atomic E-state index is -0.131. The van der Waals surface area contributed by atoms with Crippen LogP contribution in [-0.2, 0) is 17.7 Å². The molecule has 2 aliphatic rings. The lowest BCUT2D eigenvalue weighted by atomic mass is 10.1. The van der Waals surface area contributed by atoms with Gasteiger partial charge in [0.25, 0.3) is 5.56 Å². The van der Waals surface area contributed by atoms with Gasteiger partial charge in [-0.05, 0) is 49.2 Å². The Morgan fingerprint density at radius 1 is 1.09 bits per heavy atom. The van der Waals surface area contributed by atoms with E-state index in [2.05, 4.69) is 22.4 Å². The molecular weight excluding hydrogens is 450 g/mol. The van der Waals surface area contributed by atoms with Crippen molar-refractivity contribution in [3.8, 4) is 11.5 Å². The summed E-state index contributed by atoms with van der Waals surface area (Å²) in [6.07, 6.45) is 3.04. The van der Waals surface area contributed by atoms with Crippen molar-refractivity contribution in [2.75, 3.05) is 32.9 Å². The predicted molar refractivity (Wildman–Crippen MR) is 136 cm³/mol. The summed E-state index contributed by atoms with van der Waals surface area (Å²) in [6.45, 7) is 3.58. The predicted octanol–water partition coefficient (Wildman–Crippen LogP) is 3.40. The molecule has 34 heavy (non-hydrogen) atoms. The molecule has 5 rings (SSSR count). The molecule has 2 aliphatic heterocycles. The Morgan fingerprint density at radius 3 is 2.65 bits per heavy atom. The summed E-state index contributed by atoms with van der Waals surface area (Å²) in [6, 6.07) is 16.0. The Bertz CT molecular complexity index is 1210. The van der Waals surface area contributed by atoms with E-state index < -0.39 is 0 Å². The monoisotopic (exact) mass is 479 g/mol. The fourth-order valence-electron chi connectivity index (χ4n) is 4.43. The number of rotatable bonds is 7. The van der Waals surface area contributed by atoms with E-state index in [0.717, 1.165) is 43.3 Å². The van der Waals surface area contributed by atoms with Gasteiger partial charge in [0.15, 0.2) is 16.6 Å². The van der Waals surface area contributed by atoms with Gasteiger partial charge in [0, 0.05) is 36.7 Å². The van der Waals surface area contributed by atoms with Crippen molar-refractivity contribution in [2.24, 2.45) is 0 Å². The van der Waals surface area contributed by atoms with E-state index in [1.165, 1.54) is 5.56 Å². The number of aromatic nitrogens is 1. The number of nitrogens with one attached hydrogen (secondary N) is 2. The second kappa shape index (κ2) is 10.4. The summed E-state index contributed by atoms with van der Waals surface area (Å²) in [5.41, 5.74) is 2.50. The van der Waals surface area contributed by atoms with Crippen LogP contribution < -0.4 is 20.3 Å². The Morgan fingerprint density at radius 2 is 1.88 bits per heavy atom. The van der Waals surface area contributed by atoms with Gasteiger partial charge in [-0.3, -0.25) is 4.79 Å². The number of aromatic amines is 1. The van der Waals surface area contributed by atoms with Crippen LogP contribution in [-0.4, -0.2) is 54.0 Å². The molecule has 0 saturated carbocycles. The molecule has 0 radical (unpaired) electrons. The maximum Gasteiger partial charge on any atom is 0.253 e. The summed E-state index contributed by atoms with van der Waals surface area (Å²) in [4.78, 5) is 18.0. The largest absolute Gasteiger partial charge is 0.486 e. The highest BCUT2D eigenvalue weighted by Crippen LogP contribution is 2.33. The molecule has 0 amide bonds. The molecule has 0 aliphatic carbocycles. The van der Waals surface area contributed by atoms with E-state index in [4.69, 9.17) is 26.4 Å². The van der Waals surface area contributed by atoms with Crippen molar-refractivity contribution in [3.05, 3.63) is 70.0 Å². The smallest absolute Gasteiger partial charge is 0.253 e. The van der Waals surface area contributed by atoms with Crippen LogP contribution in [0.25, 0.3) is 10.9 Å². The average molecular weight is 480 g/mol. The van der Waals surface area contributed by atoms with Crippen LogP contribution in [0.15, 0.2) is 53.3 Å². The quantitative estimate of drug-likeness (QED) is 0.503. The number of hydrogen-bond acceptors (Lipinski definition) is 5. The van der Waals surface area contributed by atoms with E-state index in [-0.39, 0.29) is 11.7 Å². The number of benzene rings is 2. The van der Waals surface area contributed by atoms with Gasteiger partial charge >= 0.3 is 0 Å². The first-order valence-corrected chi connectivity index (χ1v) is 12.2. The maximum absolute atomic E-state index is 12.9. The highest BCUT2D eigenvalue weighted by Gasteiger charge is 2.22. The molecule has 0 bridgehead atoms. The molecule has 2 N–H and O–H groups in total. The summed E-state index contributed by atoms with van der Waals surface area (Å²) >= 11 is 5.75. The van der Waals surface area contributed by atoms with Gasteiger partial charge < -0.3 is 29.4 Å². The highest BCUT2D eigenvalue weighted by atomic mass is 32.1. The molecule has 1 fully saturated rings. The van der Waals surface area contributed by atoms with E-state index >= 15 is 0 Å². The van der Waals surface area contributed by atoms with Gasteiger partial charge in [-0.1, -0.05) is 30.3 Å². The SMILES string of the molecule is O=c1[nH]c2cc3c(cc2cc1CN(C[C@@H]1CCCO1)C(=S)NCCc1ccccc1)OCCO3. The number of fused-ring (bicyclic) bond motifs is 2. The topological polar surface area (TPSA) is 75.8 Å². The molecule has 0 spiro atoms. The van der Waals surface area contributed by atoms with Crippen LogP contribution in [0.3, 0.4) is 0 Å². The standard InChI is InChI=1S/C26H29N3O4S/c30-25-20(13-19-14-23-24(15-22(19)28-25)33-12-11-32-23)16-29(17-21-7-4-10-31-21)26(34)27-9-8-18-5-2-1-3-6-18/h1-3,5-6,13-15,21H,4,7-12,16-17H2,(H,27,34)(H,28,30)/t21-/m0/s1. The number of pyridine rings is 1. The Hall–Kier alpha value is -3.10. The first-order valence-electron chi connectivity index (χ1n) is 11.8. The van der Waals surface area contributed by atoms with Crippen molar-refractivity contribution in [2.45, 2.75) is 31.9 Å². The van der Waals surface area contributed by atoms with E-state index in [0.29, 0.717) is 48.5 Å². The van der Waals surface area contributed by atoms with Crippen molar-refractivity contribution in [1.82, 2.24) is 15.2 Å². The van der Waals surface area contributed by atoms with E-state index in [1.54, 1.807) is 0 Å². The fourth-order valence-corrected chi connectivity index (χ4v) is 4.68. The van der Waals surface area contributed by atoms with Crippen LogP contribution in [0.2, 0.25) is 0 Å². The lowest BCUT2D eigenvalue weighted by Crippen LogP contribution is -2.44. The van der Waals surface area contributed by atoms with Gasteiger partial charge in [-0.2, -0.15) is 0 Å². The first-order chi connectivity index (χ1) is 16.7. The molecule has 0 unspecified atom stereocenters. The molecule has 1 aromatic heterocycles. The van der Waals surface area contributed by atoms with E-state index in [9.17, 15) is 4.79 Å². The second-order valence-corrected chi connectivity index (χ2v) is 9.08. The molecular formula is C26H29N3O4S. The average Bonchev–Trinajstić information content (AvgIpc) is 3.37. The van der Waals surface area contributed by atoms with Gasteiger partial charge in [0.2, 0.25) is 0 Å². The molecule has 3 aromatic rings. The van der Waals surface area contributed by atoms with Crippen LogP contribution in [0.5, 0.6) is 11.5 Å². The Kier molecular flexibility index (Phi) is 6.97. The van der Waals surface area contributed by atoms with Gasteiger partial charge in [0.05, 0.1) is 18.2 Å². The summed E-state index contributed by atoms with van der Waals surface area (Å²) in [5, 5.41) is 4.91. The fraction of sp³-hybridized carbons (Fsp3) is 0.385. The minimum Gasteiger partial charge on any atom is -0.486 e. The molecule has 1 atom stereocenters. The van der Waals surface area contributed by atoms with Crippen molar-refractivity contribution in [1.29, 1.82) is 0 Å².